The van der Waals surface area contributed by atoms with Gasteiger partial charge < -0.3 is 4.74 Å². The second-order valence-corrected chi connectivity index (χ2v) is 14.8. The molecule has 3 saturated carbocycles. The second-order valence-electron chi connectivity index (χ2n) is 14.8. The summed E-state index contributed by atoms with van der Waals surface area (Å²) in [5, 5.41) is 0. The smallest absolute Gasteiger partial charge is 0.309 e. The third kappa shape index (κ3) is 5.89. The van der Waals surface area contributed by atoms with E-state index in [0.717, 1.165) is 74.0 Å². The highest BCUT2D eigenvalue weighted by molar-refractivity contribution is 5.72. The molecule has 0 radical (unpaired) electrons. The van der Waals surface area contributed by atoms with Crippen LogP contribution in [0.4, 0.5) is 0 Å². The second kappa shape index (κ2) is 12.2. The van der Waals surface area contributed by atoms with Gasteiger partial charge in [-0.1, -0.05) is 92.2 Å². The maximum absolute atomic E-state index is 12.9. The lowest BCUT2D eigenvalue weighted by Gasteiger charge is -2.58. The van der Waals surface area contributed by atoms with Crippen molar-refractivity contribution in [1.82, 2.24) is 0 Å². The number of unbranched alkanes of at least 4 members (excludes halogenated alkanes) is 1. The normalized spacial score (nSPS) is 38.8. The van der Waals surface area contributed by atoms with Crippen LogP contribution in [0.1, 0.15) is 145 Å². The van der Waals surface area contributed by atoms with E-state index < -0.39 is 0 Å². The first-order chi connectivity index (χ1) is 17.6. The molecule has 0 aromatic rings. The van der Waals surface area contributed by atoms with E-state index in [-0.39, 0.29) is 18.0 Å². The van der Waals surface area contributed by atoms with Crippen molar-refractivity contribution in [2.24, 2.45) is 52.3 Å². The lowest BCUT2D eigenvalue weighted by molar-refractivity contribution is -0.157. The number of carbonyl (C=O) groups is 1. The summed E-state index contributed by atoms with van der Waals surface area (Å²) in [5.74, 6) is 5.44. The van der Waals surface area contributed by atoms with Crippen molar-refractivity contribution in [3.63, 3.8) is 0 Å². The lowest BCUT2D eigenvalue weighted by Crippen LogP contribution is -2.51. The molecule has 2 unspecified atom stereocenters. The Labute approximate surface area is 230 Å². The van der Waals surface area contributed by atoms with Gasteiger partial charge in [0.2, 0.25) is 0 Å². The summed E-state index contributed by atoms with van der Waals surface area (Å²) in [6, 6.07) is 0. The summed E-state index contributed by atoms with van der Waals surface area (Å²) < 4.78 is 6.16. The minimum absolute atomic E-state index is 0.0757. The first-order valence-corrected chi connectivity index (χ1v) is 16.5. The molecule has 0 bridgehead atoms. The summed E-state index contributed by atoms with van der Waals surface area (Å²) in [6.45, 7) is 17.0. The van der Waals surface area contributed by atoms with E-state index in [2.05, 4.69) is 54.5 Å². The molecule has 2 nitrogen and oxygen atoms in total. The van der Waals surface area contributed by atoms with Gasteiger partial charge in [-0.3, -0.25) is 4.79 Å². The van der Waals surface area contributed by atoms with Crippen molar-refractivity contribution in [2.45, 2.75) is 151 Å². The molecular formula is C35H60O2. The molecule has 37 heavy (non-hydrogen) atoms. The molecule has 212 valence electrons. The van der Waals surface area contributed by atoms with Crippen LogP contribution in [0.2, 0.25) is 0 Å². The van der Waals surface area contributed by atoms with E-state index >= 15 is 0 Å². The van der Waals surface area contributed by atoms with Crippen LogP contribution in [0.15, 0.2) is 11.6 Å². The Balaban J connectivity index is 1.40. The van der Waals surface area contributed by atoms with Crippen LogP contribution in [0.5, 0.6) is 0 Å². The van der Waals surface area contributed by atoms with Crippen LogP contribution in [0.25, 0.3) is 0 Å². The standard InChI is InChI=1S/C35H60O2/c1-8-10-14-26(9-2)33(36)37-28-19-21-34(6)27(23-28)15-16-29-31-18-17-30(25(5)13-11-12-24(3)4)35(31,7)22-20-32(29)34/h15,24-26,28-32H,8-14,16-23H2,1-7H3/t25?,26?,28-,29-,30+,31-,32-,34-,35+/m1/s1. The zero-order chi connectivity index (χ0) is 26.8. The minimum Gasteiger partial charge on any atom is -0.462 e. The van der Waals surface area contributed by atoms with Crippen molar-refractivity contribution in [1.29, 1.82) is 0 Å². The Hall–Kier alpha value is -0.790. The van der Waals surface area contributed by atoms with Gasteiger partial charge in [0.15, 0.2) is 0 Å². The number of ether oxygens (including phenoxy) is 1. The van der Waals surface area contributed by atoms with E-state index in [1.807, 2.05) is 0 Å². The average Bonchev–Trinajstić information content (AvgIpc) is 3.21. The van der Waals surface area contributed by atoms with Crippen LogP contribution in [0.3, 0.4) is 0 Å². The third-order valence-electron chi connectivity index (χ3n) is 12.3. The minimum atomic E-state index is 0.0757. The van der Waals surface area contributed by atoms with Crippen LogP contribution < -0.4 is 0 Å². The summed E-state index contributed by atoms with van der Waals surface area (Å²) in [7, 11) is 0. The maximum Gasteiger partial charge on any atom is 0.309 e. The van der Waals surface area contributed by atoms with E-state index in [0.29, 0.717) is 10.8 Å². The maximum atomic E-state index is 12.9. The quantitative estimate of drug-likeness (QED) is 0.203. The average molecular weight is 513 g/mol. The van der Waals surface area contributed by atoms with Gasteiger partial charge in [-0.2, -0.15) is 0 Å². The predicted octanol–water partition coefficient (Wildman–Crippen LogP) is 10.2. The molecule has 3 fully saturated rings. The fraction of sp³-hybridized carbons (Fsp3) is 0.914. The zero-order valence-corrected chi connectivity index (χ0v) is 25.6. The molecule has 0 saturated heterocycles. The highest BCUT2D eigenvalue weighted by atomic mass is 16.5. The highest BCUT2D eigenvalue weighted by Gasteiger charge is 2.59. The van der Waals surface area contributed by atoms with Crippen molar-refractivity contribution in [3.05, 3.63) is 11.6 Å². The predicted molar refractivity (Wildman–Crippen MR) is 156 cm³/mol. The number of carbonyl (C=O) groups excluding carboxylic acids is 1. The first kappa shape index (κ1) is 29.2. The van der Waals surface area contributed by atoms with Crippen LogP contribution in [-0.4, -0.2) is 12.1 Å². The van der Waals surface area contributed by atoms with Crippen molar-refractivity contribution in [3.8, 4) is 0 Å². The van der Waals surface area contributed by atoms with E-state index in [4.69, 9.17) is 4.74 Å². The molecule has 4 aliphatic carbocycles. The monoisotopic (exact) mass is 512 g/mol. The topological polar surface area (TPSA) is 26.3 Å². The van der Waals surface area contributed by atoms with E-state index in [9.17, 15) is 4.79 Å². The number of hydrogen-bond donors (Lipinski definition) is 0. The molecule has 4 aliphatic rings. The van der Waals surface area contributed by atoms with Crippen molar-refractivity contribution >= 4 is 5.97 Å². The number of hydrogen-bond acceptors (Lipinski definition) is 2. The van der Waals surface area contributed by atoms with Crippen LogP contribution in [0, 0.1) is 52.3 Å². The summed E-state index contributed by atoms with van der Waals surface area (Å²) in [5.41, 5.74) is 2.53. The highest BCUT2D eigenvalue weighted by Crippen LogP contribution is 2.67. The summed E-state index contributed by atoms with van der Waals surface area (Å²) >= 11 is 0. The molecule has 0 aliphatic heterocycles. The molecule has 0 spiro atoms. The molecule has 0 heterocycles. The molecule has 4 rings (SSSR count). The van der Waals surface area contributed by atoms with Gasteiger partial charge in [-0.05, 0) is 104 Å². The Morgan fingerprint density at radius 2 is 1.76 bits per heavy atom. The first-order valence-electron chi connectivity index (χ1n) is 16.5. The number of fused-ring (bicyclic) bond motifs is 5. The molecule has 2 heteroatoms. The fourth-order valence-corrected chi connectivity index (χ4v) is 9.95. The van der Waals surface area contributed by atoms with Gasteiger partial charge >= 0.3 is 5.97 Å². The van der Waals surface area contributed by atoms with Gasteiger partial charge in [0.25, 0.3) is 0 Å². The Bertz CT molecular complexity index is 797. The molecule has 0 N–H and O–H groups in total. The van der Waals surface area contributed by atoms with Gasteiger partial charge in [0.05, 0.1) is 5.92 Å². The summed E-state index contributed by atoms with van der Waals surface area (Å²) in [4.78, 5) is 12.9. The largest absolute Gasteiger partial charge is 0.462 e. The SMILES string of the molecule is CCCCC(CC)C(=O)O[C@@H]1CC[C@]2(C)C(=CC[C@@H]3[C@H]4CC[C@@H](C(C)CCCC(C)C)[C@]4(C)CC[C@H]32)C1. The number of allylic oxidation sites excluding steroid dienone is 1. The Morgan fingerprint density at radius 3 is 2.46 bits per heavy atom. The Kier molecular flexibility index (Phi) is 9.60. The van der Waals surface area contributed by atoms with Gasteiger partial charge in [-0.25, -0.2) is 0 Å². The number of esters is 1. The fourth-order valence-electron chi connectivity index (χ4n) is 9.95. The third-order valence-corrected chi connectivity index (χ3v) is 12.3. The molecular weight excluding hydrogens is 452 g/mol. The van der Waals surface area contributed by atoms with Crippen molar-refractivity contribution in [2.75, 3.05) is 0 Å². The van der Waals surface area contributed by atoms with E-state index in [1.54, 1.807) is 5.57 Å². The molecule has 0 aromatic heterocycles. The Morgan fingerprint density at radius 1 is 0.973 bits per heavy atom. The zero-order valence-electron chi connectivity index (χ0n) is 25.6. The van der Waals surface area contributed by atoms with Gasteiger partial charge in [0.1, 0.15) is 6.10 Å². The molecule has 0 aromatic carbocycles. The molecule has 0 amide bonds. The summed E-state index contributed by atoms with van der Waals surface area (Å²) in [6.07, 6.45) is 21.5. The van der Waals surface area contributed by atoms with Crippen LogP contribution in [-0.2, 0) is 9.53 Å². The van der Waals surface area contributed by atoms with E-state index in [1.165, 1.54) is 57.8 Å². The molecule has 9 atom stereocenters. The van der Waals surface area contributed by atoms with Gasteiger partial charge in [-0.15, -0.1) is 0 Å². The van der Waals surface area contributed by atoms with Crippen LogP contribution >= 0.6 is 0 Å². The number of rotatable bonds is 11. The lowest BCUT2D eigenvalue weighted by atomic mass is 9.47. The van der Waals surface area contributed by atoms with Crippen molar-refractivity contribution < 1.29 is 9.53 Å². The van der Waals surface area contributed by atoms with Gasteiger partial charge in [0, 0.05) is 6.42 Å².